The molecule has 2 heterocycles. The number of carbonyl (C=O) groups excluding carboxylic acids is 2. The van der Waals surface area contributed by atoms with Gasteiger partial charge in [0.25, 0.3) is 0 Å². The maximum absolute atomic E-state index is 13.2. The van der Waals surface area contributed by atoms with Crippen molar-refractivity contribution in [2.45, 2.75) is 13.5 Å². The quantitative estimate of drug-likeness (QED) is 0.661. The molecule has 1 aliphatic rings. The van der Waals surface area contributed by atoms with Crippen molar-refractivity contribution in [1.82, 2.24) is 14.4 Å². The third-order valence-electron chi connectivity index (χ3n) is 5.40. The van der Waals surface area contributed by atoms with E-state index in [4.69, 9.17) is 9.47 Å². The fraction of sp³-hybridized carbons (Fsp3) is 0.304. The fourth-order valence-electron chi connectivity index (χ4n) is 3.74. The van der Waals surface area contributed by atoms with Gasteiger partial charge in [-0.05, 0) is 36.8 Å². The lowest BCUT2D eigenvalue weighted by atomic mass is 10.2. The third-order valence-corrected chi connectivity index (χ3v) is 5.40. The van der Waals surface area contributed by atoms with Gasteiger partial charge in [-0.3, -0.25) is 4.57 Å². The van der Waals surface area contributed by atoms with E-state index in [-0.39, 0.29) is 18.7 Å². The minimum Gasteiger partial charge on any atom is -0.497 e. The van der Waals surface area contributed by atoms with Crippen LogP contribution in [0.25, 0.3) is 10.9 Å². The zero-order valence-corrected chi connectivity index (χ0v) is 17.2. The number of rotatable bonds is 3. The summed E-state index contributed by atoms with van der Waals surface area (Å²) in [5, 5.41) is 0.961. The first-order valence-electron chi connectivity index (χ1n) is 9.98. The Kier molecular flexibility index (Phi) is 5.61. The molecule has 1 aliphatic heterocycles. The number of nitrogens with zero attached hydrogens (tertiary/aromatic N) is 3. The van der Waals surface area contributed by atoms with Gasteiger partial charge in [0.05, 0.1) is 12.6 Å². The average Bonchev–Trinajstić information content (AvgIpc) is 3.12. The van der Waals surface area contributed by atoms with Crippen LogP contribution < -0.4 is 4.74 Å². The molecule has 2 amide bonds. The maximum Gasteiger partial charge on any atom is 0.410 e. The second-order valence-corrected chi connectivity index (χ2v) is 7.34. The Morgan fingerprint density at radius 3 is 2.33 bits per heavy atom. The lowest BCUT2D eigenvalue weighted by Crippen LogP contribution is -2.51. The monoisotopic (exact) mass is 407 g/mol. The second kappa shape index (κ2) is 8.49. The number of carbonyl (C=O) groups is 2. The van der Waals surface area contributed by atoms with E-state index in [1.54, 1.807) is 21.5 Å². The van der Waals surface area contributed by atoms with E-state index in [9.17, 15) is 9.59 Å². The summed E-state index contributed by atoms with van der Waals surface area (Å²) in [4.78, 5) is 28.9. The molecule has 1 aromatic heterocycles. The van der Waals surface area contributed by atoms with Crippen molar-refractivity contribution in [3.05, 3.63) is 65.9 Å². The number of ether oxygens (including phenoxy) is 2. The number of fused-ring (bicyclic) bond motifs is 1. The van der Waals surface area contributed by atoms with Gasteiger partial charge in [-0.2, -0.15) is 0 Å². The zero-order valence-electron chi connectivity index (χ0n) is 17.2. The summed E-state index contributed by atoms with van der Waals surface area (Å²) in [6, 6.07) is 17.2. The molecule has 2 aromatic carbocycles. The second-order valence-electron chi connectivity index (χ2n) is 7.34. The molecule has 0 radical (unpaired) electrons. The molecule has 0 atom stereocenters. The molecule has 0 bridgehead atoms. The molecule has 0 N–H and O–H groups in total. The predicted octanol–water partition coefficient (Wildman–Crippen LogP) is 3.88. The van der Waals surface area contributed by atoms with E-state index < -0.39 is 0 Å². The molecule has 30 heavy (non-hydrogen) atoms. The number of piperazine rings is 1. The number of aromatic nitrogens is 1. The molecule has 4 rings (SSSR count). The summed E-state index contributed by atoms with van der Waals surface area (Å²) in [5.74, 6) is 0.759. The average molecular weight is 407 g/mol. The first-order valence-corrected chi connectivity index (χ1v) is 9.98. The SMILES string of the molecule is COc1ccc2c(c1)cc(C)n2C(=O)N1CCN(C(=O)OCc2ccccc2)CC1. The van der Waals surface area contributed by atoms with Gasteiger partial charge in [-0.25, -0.2) is 9.59 Å². The summed E-state index contributed by atoms with van der Waals surface area (Å²) >= 11 is 0. The van der Waals surface area contributed by atoms with Crippen LogP contribution in [0.1, 0.15) is 11.3 Å². The molecule has 1 saturated heterocycles. The van der Waals surface area contributed by atoms with E-state index in [0.29, 0.717) is 26.2 Å². The molecule has 1 fully saturated rings. The van der Waals surface area contributed by atoms with Crippen molar-refractivity contribution in [3.8, 4) is 5.75 Å². The highest BCUT2D eigenvalue weighted by atomic mass is 16.6. The Bertz CT molecular complexity index is 1050. The van der Waals surface area contributed by atoms with Crippen LogP contribution in [0.4, 0.5) is 9.59 Å². The maximum atomic E-state index is 13.2. The highest BCUT2D eigenvalue weighted by molar-refractivity contribution is 5.93. The molecular formula is C23H25N3O4. The highest BCUT2D eigenvalue weighted by Crippen LogP contribution is 2.25. The van der Waals surface area contributed by atoms with E-state index >= 15 is 0 Å². The van der Waals surface area contributed by atoms with Crippen LogP contribution in [0.15, 0.2) is 54.6 Å². The topological polar surface area (TPSA) is 64.0 Å². The molecular weight excluding hydrogens is 382 g/mol. The lowest BCUT2D eigenvalue weighted by Gasteiger charge is -2.34. The predicted molar refractivity (Wildman–Crippen MR) is 114 cm³/mol. The zero-order chi connectivity index (χ0) is 21.1. The minimum absolute atomic E-state index is 0.0787. The number of methoxy groups -OCH3 is 1. The Morgan fingerprint density at radius 1 is 0.933 bits per heavy atom. The molecule has 156 valence electrons. The van der Waals surface area contributed by atoms with E-state index in [2.05, 4.69) is 0 Å². The van der Waals surface area contributed by atoms with Gasteiger partial charge in [0.15, 0.2) is 0 Å². The standard InChI is InChI=1S/C23H25N3O4/c1-17-14-19-15-20(29-2)8-9-21(19)26(17)22(27)24-10-12-25(13-11-24)23(28)30-16-18-6-4-3-5-7-18/h3-9,14-15H,10-13,16H2,1-2H3. The Labute approximate surface area is 175 Å². The van der Waals surface area contributed by atoms with Crippen LogP contribution in [0.5, 0.6) is 5.75 Å². The van der Waals surface area contributed by atoms with Crippen molar-refractivity contribution < 1.29 is 19.1 Å². The molecule has 3 aromatic rings. The van der Waals surface area contributed by atoms with Crippen LogP contribution in [-0.2, 0) is 11.3 Å². The van der Waals surface area contributed by atoms with Crippen molar-refractivity contribution in [2.24, 2.45) is 0 Å². The van der Waals surface area contributed by atoms with Crippen molar-refractivity contribution >= 4 is 23.0 Å². The van der Waals surface area contributed by atoms with E-state index in [0.717, 1.165) is 27.9 Å². The smallest absolute Gasteiger partial charge is 0.410 e. The number of hydrogen-bond donors (Lipinski definition) is 0. The Hall–Kier alpha value is -3.48. The summed E-state index contributed by atoms with van der Waals surface area (Å²) in [6.45, 7) is 4.00. The largest absolute Gasteiger partial charge is 0.497 e. The van der Waals surface area contributed by atoms with Gasteiger partial charge >= 0.3 is 12.1 Å². The van der Waals surface area contributed by atoms with Crippen LogP contribution in [0.3, 0.4) is 0 Å². The van der Waals surface area contributed by atoms with Gasteiger partial charge in [-0.1, -0.05) is 30.3 Å². The summed E-state index contributed by atoms with van der Waals surface area (Å²) in [6.07, 6.45) is -0.347. The van der Waals surface area contributed by atoms with Crippen LogP contribution in [-0.4, -0.2) is 59.8 Å². The number of amides is 2. The molecule has 7 nitrogen and oxygen atoms in total. The van der Waals surface area contributed by atoms with Crippen molar-refractivity contribution in [3.63, 3.8) is 0 Å². The number of hydrogen-bond acceptors (Lipinski definition) is 4. The van der Waals surface area contributed by atoms with Crippen LogP contribution >= 0.6 is 0 Å². The highest BCUT2D eigenvalue weighted by Gasteiger charge is 2.27. The van der Waals surface area contributed by atoms with Gasteiger partial charge in [0.1, 0.15) is 12.4 Å². The van der Waals surface area contributed by atoms with Gasteiger partial charge < -0.3 is 19.3 Å². The summed E-state index contributed by atoms with van der Waals surface area (Å²) < 4.78 is 12.4. The van der Waals surface area contributed by atoms with E-state index in [1.807, 2.05) is 61.5 Å². The number of aryl methyl sites for hydroxylation is 1. The first kappa shape index (κ1) is 19.8. The van der Waals surface area contributed by atoms with Crippen molar-refractivity contribution in [1.29, 1.82) is 0 Å². The molecule has 0 unspecified atom stereocenters. The van der Waals surface area contributed by atoms with Crippen LogP contribution in [0.2, 0.25) is 0 Å². The van der Waals surface area contributed by atoms with E-state index in [1.165, 1.54) is 0 Å². The summed E-state index contributed by atoms with van der Waals surface area (Å²) in [5.41, 5.74) is 2.67. The van der Waals surface area contributed by atoms with Crippen LogP contribution in [0, 0.1) is 6.92 Å². The molecule has 0 saturated carbocycles. The first-order chi connectivity index (χ1) is 14.6. The van der Waals surface area contributed by atoms with Crippen molar-refractivity contribution in [2.75, 3.05) is 33.3 Å². The molecule has 0 aliphatic carbocycles. The Balaban J connectivity index is 1.38. The minimum atomic E-state index is -0.347. The molecule has 7 heteroatoms. The Morgan fingerprint density at radius 2 is 1.63 bits per heavy atom. The van der Waals surface area contributed by atoms with Gasteiger partial charge in [-0.15, -0.1) is 0 Å². The van der Waals surface area contributed by atoms with Gasteiger partial charge in [0.2, 0.25) is 0 Å². The van der Waals surface area contributed by atoms with Gasteiger partial charge in [0, 0.05) is 37.3 Å². The molecule has 0 spiro atoms. The number of benzene rings is 2. The fourth-order valence-corrected chi connectivity index (χ4v) is 3.74. The normalized spacial score (nSPS) is 14.1. The lowest BCUT2D eigenvalue weighted by molar-refractivity contribution is 0.0771. The third kappa shape index (κ3) is 3.96. The summed E-state index contributed by atoms with van der Waals surface area (Å²) in [7, 11) is 1.63.